The quantitative estimate of drug-likeness (QED) is 0.884. The van der Waals surface area contributed by atoms with Gasteiger partial charge in [0.25, 0.3) is 5.91 Å². The number of rotatable bonds is 4. The molecule has 126 valence electrons. The average Bonchev–Trinajstić information content (AvgIpc) is 2.58. The number of anilines is 2. The molecule has 4 nitrogen and oxygen atoms in total. The molecule has 0 aliphatic carbocycles. The number of para-hydroxylation sites is 1. The number of quaternary nitrogens is 1. The van der Waals surface area contributed by atoms with Crippen molar-refractivity contribution in [2.45, 2.75) is 0 Å². The van der Waals surface area contributed by atoms with Crippen molar-refractivity contribution >= 4 is 28.9 Å². The smallest absolute Gasteiger partial charge is 0.279 e. The van der Waals surface area contributed by atoms with Crippen molar-refractivity contribution in [3.63, 3.8) is 0 Å². The number of carbonyl (C=O) groups is 1. The maximum atomic E-state index is 13.6. The molecule has 1 fully saturated rings. The Morgan fingerprint density at radius 2 is 1.79 bits per heavy atom. The summed E-state index contributed by atoms with van der Waals surface area (Å²) >= 11 is 5.91. The topological polar surface area (TPSA) is 36.8 Å². The second-order valence-electron chi connectivity index (χ2n) is 5.92. The Morgan fingerprint density at radius 1 is 1.12 bits per heavy atom. The lowest BCUT2D eigenvalue weighted by Crippen LogP contribution is -3.15. The van der Waals surface area contributed by atoms with Crippen molar-refractivity contribution < 1.29 is 14.1 Å². The lowest BCUT2D eigenvalue weighted by atomic mass is 10.2. The Kier molecular flexibility index (Phi) is 5.33. The molecule has 1 saturated heterocycles. The highest BCUT2D eigenvalue weighted by atomic mass is 35.5. The first-order valence-electron chi connectivity index (χ1n) is 8.00. The number of nitrogens with zero attached hydrogens (tertiary/aromatic N) is 1. The predicted molar refractivity (Wildman–Crippen MR) is 94.3 cm³/mol. The van der Waals surface area contributed by atoms with Crippen molar-refractivity contribution in [2.75, 3.05) is 42.9 Å². The molecule has 0 aromatic heterocycles. The highest BCUT2D eigenvalue weighted by Gasteiger charge is 2.22. The zero-order valence-electron chi connectivity index (χ0n) is 13.3. The second kappa shape index (κ2) is 7.64. The van der Waals surface area contributed by atoms with Gasteiger partial charge in [0.1, 0.15) is 5.82 Å². The molecule has 6 heteroatoms. The molecule has 2 aromatic carbocycles. The van der Waals surface area contributed by atoms with Gasteiger partial charge in [-0.25, -0.2) is 4.39 Å². The summed E-state index contributed by atoms with van der Waals surface area (Å²) < 4.78 is 13.6. The number of piperazine rings is 1. The van der Waals surface area contributed by atoms with E-state index in [4.69, 9.17) is 11.6 Å². The zero-order chi connectivity index (χ0) is 16.9. The van der Waals surface area contributed by atoms with Gasteiger partial charge in [-0.3, -0.25) is 4.79 Å². The van der Waals surface area contributed by atoms with E-state index in [0.29, 0.717) is 6.54 Å². The number of benzene rings is 2. The number of hydrogen-bond acceptors (Lipinski definition) is 2. The molecular formula is C18H20ClFN3O+. The van der Waals surface area contributed by atoms with E-state index >= 15 is 0 Å². The first kappa shape index (κ1) is 16.7. The van der Waals surface area contributed by atoms with Gasteiger partial charge in [0.2, 0.25) is 0 Å². The van der Waals surface area contributed by atoms with Crippen molar-refractivity contribution in [3.05, 3.63) is 59.4 Å². The summed E-state index contributed by atoms with van der Waals surface area (Å²) in [6.45, 7) is 3.84. The Bertz CT molecular complexity index is 700. The van der Waals surface area contributed by atoms with Crippen LogP contribution in [0.3, 0.4) is 0 Å². The Balaban J connectivity index is 1.49. The normalized spacial score (nSPS) is 15.3. The van der Waals surface area contributed by atoms with Crippen LogP contribution in [0.1, 0.15) is 0 Å². The Hall–Kier alpha value is -2.11. The van der Waals surface area contributed by atoms with Crippen molar-refractivity contribution in [2.24, 2.45) is 0 Å². The van der Waals surface area contributed by atoms with Gasteiger partial charge in [-0.15, -0.1) is 0 Å². The summed E-state index contributed by atoms with van der Waals surface area (Å²) in [4.78, 5) is 15.6. The van der Waals surface area contributed by atoms with Gasteiger partial charge in [0.05, 0.1) is 31.9 Å². The molecule has 3 rings (SSSR count). The van der Waals surface area contributed by atoms with Crippen LogP contribution < -0.4 is 15.1 Å². The molecule has 2 N–H and O–H groups in total. The van der Waals surface area contributed by atoms with Gasteiger partial charge in [0, 0.05) is 10.7 Å². The fourth-order valence-electron chi connectivity index (χ4n) is 2.89. The zero-order valence-corrected chi connectivity index (χ0v) is 14.0. The maximum Gasteiger partial charge on any atom is 0.279 e. The molecule has 0 saturated carbocycles. The molecule has 0 radical (unpaired) electrons. The van der Waals surface area contributed by atoms with Gasteiger partial charge in [-0.05, 0) is 36.4 Å². The van der Waals surface area contributed by atoms with Crippen LogP contribution in [0.4, 0.5) is 15.8 Å². The molecule has 2 aromatic rings. The first-order valence-corrected chi connectivity index (χ1v) is 8.38. The van der Waals surface area contributed by atoms with Crippen molar-refractivity contribution in [3.8, 4) is 0 Å². The molecule has 0 unspecified atom stereocenters. The van der Waals surface area contributed by atoms with Crippen LogP contribution in [0, 0.1) is 5.82 Å². The van der Waals surface area contributed by atoms with Crippen LogP contribution in [-0.4, -0.2) is 38.6 Å². The third-order valence-electron chi connectivity index (χ3n) is 4.22. The van der Waals surface area contributed by atoms with Crippen molar-refractivity contribution in [1.29, 1.82) is 0 Å². The van der Waals surface area contributed by atoms with Crippen LogP contribution in [0.2, 0.25) is 5.02 Å². The highest BCUT2D eigenvalue weighted by molar-refractivity contribution is 6.30. The number of halogens is 2. The SMILES string of the molecule is O=C(C[NH+]1CCN(c2ccc(Cl)cc2)CC1)Nc1ccccc1F. The minimum Gasteiger partial charge on any atom is -0.360 e. The molecule has 0 atom stereocenters. The molecule has 1 amide bonds. The number of nitrogens with one attached hydrogen (secondary N) is 2. The Labute approximate surface area is 145 Å². The van der Waals surface area contributed by atoms with Gasteiger partial charge in [0.15, 0.2) is 6.54 Å². The summed E-state index contributed by atoms with van der Waals surface area (Å²) in [5.41, 5.74) is 1.39. The van der Waals surface area contributed by atoms with E-state index < -0.39 is 5.82 Å². The molecule has 0 bridgehead atoms. The summed E-state index contributed by atoms with van der Waals surface area (Å²) in [5.74, 6) is -0.566. The molecule has 0 spiro atoms. The largest absolute Gasteiger partial charge is 0.360 e. The fourth-order valence-corrected chi connectivity index (χ4v) is 3.02. The van der Waals surface area contributed by atoms with E-state index in [-0.39, 0.29) is 11.6 Å². The Morgan fingerprint density at radius 3 is 2.46 bits per heavy atom. The molecule has 1 aliphatic rings. The van der Waals surface area contributed by atoms with E-state index in [9.17, 15) is 9.18 Å². The van der Waals surface area contributed by atoms with Gasteiger partial charge in [-0.2, -0.15) is 0 Å². The maximum absolute atomic E-state index is 13.6. The summed E-state index contributed by atoms with van der Waals surface area (Å²) in [6, 6.07) is 14.0. The third kappa shape index (κ3) is 4.24. The van der Waals surface area contributed by atoms with E-state index in [1.54, 1.807) is 18.2 Å². The van der Waals surface area contributed by atoms with E-state index in [2.05, 4.69) is 10.2 Å². The molecular weight excluding hydrogens is 329 g/mol. The van der Waals surface area contributed by atoms with E-state index in [1.807, 2.05) is 24.3 Å². The molecule has 1 heterocycles. The van der Waals surface area contributed by atoms with E-state index in [1.165, 1.54) is 11.0 Å². The van der Waals surface area contributed by atoms with Crippen molar-refractivity contribution in [1.82, 2.24) is 0 Å². The second-order valence-corrected chi connectivity index (χ2v) is 6.35. The standard InChI is InChI=1S/C18H19ClFN3O/c19-14-5-7-15(8-6-14)23-11-9-22(10-12-23)13-18(24)21-17-4-2-1-3-16(17)20/h1-8H,9-13H2,(H,21,24)/p+1. The minimum absolute atomic E-state index is 0.157. The van der Waals surface area contributed by atoms with Crippen LogP contribution >= 0.6 is 11.6 Å². The molecule has 24 heavy (non-hydrogen) atoms. The van der Waals surface area contributed by atoms with Crippen LogP contribution in [0.5, 0.6) is 0 Å². The lowest BCUT2D eigenvalue weighted by molar-refractivity contribution is -0.892. The number of carbonyl (C=O) groups excluding carboxylic acids is 1. The van der Waals surface area contributed by atoms with Crippen LogP contribution in [0.15, 0.2) is 48.5 Å². The van der Waals surface area contributed by atoms with Gasteiger partial charge < -0.3 is 15.1 Å². The third-order valence-corrected chi connectivity index (χ3v) is 4.47. The first-order chi connectivity index (χ1) is 11.6. The van der Waals surface area contributed by atoms with Crippen LogP contribution in [-0.2, 0) is 4.79 Å². The van der Waals surface area contributed by atoms with Gasteiger partial charge >= 0.3 is 0 Å². The van der Waals surface area contributed by atoms with Crippen LogP contribution in [0.25, 0.3) is 0 Å². The monoisotopic (exact) mass is 348 g/mol. The molecule has 1 aliphatic heterocycles. The fraction of sp³-hybridized carbons (Fsp3) is 0.278. The summed E-state index contributed by atoms with van der Waals surface area (Å²) in [6.07, 6.45) is 0. The number of amides is 1. The predicted octanol–water partition coefficient (Wildman–Crippen LogP) is 1.82. The van der Waals surface area contributed by atoms with E-state index in [0.717, 1.165) is 36.9 Å². The highest BCUT2D eigenvalue weighted by Crippen LogP contribution is 2.17. The number of hydrogen-bond donors (Lipinski definition) is 2. The minimum atomic E-state index is -0.409. The average molecular weight is 349 g/mol. The lowest BCUT2D eigenvalue weighted by Gasteiger charge is -2.33. The summed E-state index contributed by atoms with van der Waals surface area (Å²) in [7, 11) is 0. The van der Waals surface area contributed by atoms with Gasteiger partial charge in [-0.1, -0.05) is 23.7 Å². The summed E-state index contributed by atoms with van der Waals surface area (Å²) in [5, 5.41) is 3.37.